The van der Waals surface area contributed by atoms with Gasteiger partial charge in [0.05, 0.1) is 0 Å². The van der Waals surface area contributed by atoms with E-state index in [4.69, 9.17) is 0 Å². The molecular weight excluding hydrogens is 378 g/mol. The third-order valence-corrected chi connectivity index (χ3v) is 6.76. The van der Waals surface area contributed by atoms with Gasteiger partial charge in [0, 0.05) is 44.1 Å². The molecule has 3 aliphatic heterocycles. The number of para-hydroxylation sites is 1. The van der Waals surface area contributed by atoms with E-state index in [1.54, 1.807) is 4.90 Å². The van der Waals surface area contributed by atoms with E-state index in [1.807, 2.05) is 29.2 Å². The van der Waals surface area contributed by atoms with Crippen molar-refractivity contribution in [1.29, 1.82) is 0 Å². The highest BCUT2D eigenvalue weighted by Crippen LogP contribution is 2.30. The van der Waals surface area contributed by atoms with Crippen LogP contribution in [0.3, 0.4) is 0 Å². The second-order valence-electron chi connectivity index (χ2n) is 8.72. The van der Waals surface area contributed by atoms with E-state index < -0.39 is 0 Å². The van der Waals surface area contributed by atoms with E-state index in [1.165, 1.54) is 19.3 Å². The molecule has 0 spiro atoms. The molecule has 0 saturated carbocycles. The third-order valence-electron chi connectivity index (χ3n) is 6.76. The highest BCUT2D eigenvalue weighted by atomic mass is 16.2. The number of rotatable bonds is 3. The second kappa shape index (κ2) is 8.20. The van der Waals surface area contributed by atoms with E-state index in [0.29, 0.717) is 13.0 Å². The van der Waals surface area contributed by atoms with E-state index in [2.05, 4.69) is 14.8 Å². The van der Waals surface area contributed by atoms with Gasteiger partial charge in [0.1, 0.15) is 18.2 Å². The van der Waals surface area contributed by atoms with Crippen LogP contribution in [-0.4, -0.2) is 51.1 Å². The standard InChI is InChI=1S/C23H29N5O2/c29-21-12-11-17-7-3-4-9-19(17)28(21)16-22(30)26-13-6-8-18(15-26)23-25-24-20-10-2-1-5-14-27(20)23/h3-4,7,9,18H,1-2,5-6,8,10-16H2. The minimum atomic E-state index is 0.0281. The summed E-state index contributed by atoms with van der Waals surface area (Å²) in [6, 6.07) is 7.92. The number of amides is 2. The van der Waals surface area contributed by atoms with Crippen LogP contribution in [-0.2, 0) is 29.0 Å². The van der Waals surface area contributed by atoms with Gasteiger partial charge in [0.25, 0.3) is 0 Å². The number of likely N-dealkylation sites (tertiary alicyclic amines) is 1. The Hall–Kier alpha value is -2.70. The average molecular weight is 408 g/mol. The molecule has 0 radical (unpaired) electrons. The first-order chi connectivity index (χ1) is 14.7. The minimum Gasteiger partial charge on any atom is -0.340 e. The molecule has 0 aliphatic carbocycles. The molecule has 3 aliphatic rings. The van der Waals surface area contributed by atoms with Gasteiger partial charge in [-0.25, -0.2) is 0 Å². The quantitative estimate of drug-likeness (QED) is 0.784. The Bertz CT molecular complexity index is 953. The molecule has 30 heavy (non-hydrogen) atoms. The van der Waals surface area contributed by atoms with E-state index in [-0.39, 0.29) is 24.3 Å². The highest BCUT2D eigenvalue weighted by molar-refractivity contribution is 6.01. The fraction of sp³-hybridized carbons (Fsp3) is 0.565. The van der Waals surface area contributed by atoms with Crippen molar-refractivity contribution in [2.24, 2.45) is 0 Å². The Morgan fingerprint density at radius 1 is 1.00 bits per heavy atom. The van der Waals surface area contributed by atoms with E-state index in [9.17, 15) is 9.59 Å². The summed E-state index contributed by atoms with van der Waals surface area (Å²) in [4.78, 5) is 29.3. The summed E-state index contributed by atoms with van der Waals surface area (Å²) in [5, 5.41) is 8.97. The second-order valence-corrected chi connectivity index (χ2v) is 8.72. The zero-order valence-electron chi connectivity index (χ0n) is 17.4. The number of aryl methyl sites for hydroxylation is 2. The van der Waals surface area contributed by atoms with Gasteiger partial charge in [-0.2, -0.15) is 0 Å². The highest BCUT2D eigenvalue weighted by Gasteiger charge is 2.32. The van der Waals surface area contributed by atoms with Crippen LogP contribution in [0.15, 0.2) is 24.3 Å². The molecule has 2 aromatic rings. The van der Waals surface area contributed by atoms with Crippen molar-refractivity contribution in [2.75, 3.05) is 24.5 Å². The van der Waals surface area contributed by atoms with Gasteiger partial charge in [-0.15, -0.1) is 10.2 Å². The fourth-order valence-corrected chi connectivity index (χ4v) is 5.13. The molecule has 1 aromatic carbocycles. The predicted molar refractivity (Wildman–Crippen MR) is 113 cm³/mol. The largest absolute Gasteiger partial charge is 0.340 e. The number of anilines is 1. The van der Waals surface area contributed by atoms with Crippen LogP contribution in [0.2, 0.25) is 0 Å². The van der Waals surface area contributed by atoms with Gasteiger partial charge in [-0.1, -0.05) is 24.6 Å². The Morgan fingerprint density at radius 3 is 2.83 bits per heavy atom. The molecule has 0 N–H and O–H groups in total. The summed E-state index contributed by atoms with van der Waals surface area (Å²) in [5.74, 6) is 2.44. The SMILES string of the molecule is O=C(CN1C(=O)CCc2ccccc21)N1CCCC(c2nnc3n2CCCCC3)C1. The van der Waals surface area contributed by atoms with Crippen molar-refractivity contribution >= 4 is 17.5 Å². The molecule has 1 saturated heterocycles. The summed E-state index contributed by atoms with van der Waals surface area (Å²) >= 11 is 0. The molecule has 1 aromatic heterocycles. The first-order valence-electron chi connectivity index (χ1n) is 11.3. The summed E-state index contributed by atoms with van der Waals surface area (Å²) in [6.45, 7) is 2.53. The molecule has 2 amide bonds. The van der Waals surface area contributed by atoms with Gasteiger partial charge in [0.15, 0.2) is 0 Å². The molecule has 7 nitrogen and oxygen atoms in total. The summed E-state index contributed by atoms with van der Waals surface area (Å²) < 4.78 is 2.30. The number of hydrogen-bond donors (Lipinski definition) is 0. The van der Waals surface area contributed by atoms with Crippen LogP contribution in [0.25, 0.3) is 0 Å². The van der Waals surface area contributed by atoms with Gasteiger partial charge in [-0.05, 0) is 43.7 Å². The maximum atomic E-state index is 13.2. The molecule has 1 atom stereocenters. The molecule has 4 heterocycles. The number of carbonyl (C=O) groups is 2. The molecule has 5 rings (SSSR count). The van der Waals surface area contributed by atoms with Crippen LogP contribution in [0.1, 0.15) is 61.7 Å². The first-order valence-corrected chi connectivity index (χ1v) is 11.3. The van der Waals surface area contributed by atoms with Crippen LogP contribution >= 0.6 is 0 Å². The number of piperidine rings is 1. The lowest BCUT2D eigenvalue weighted by Gasteiger charge is -2.35. The molecule has 0 bridgehead atoms. The average Bonchev–Trinajstić information content (AvgIpc) is 3.04. The number of benzene rings is 1. The fourth-order valence-electron chi connectivity index (χ4n) is 5.13. The lowest BCUT2D eigenvalue weighted by Crippen LogP contribution is -2.47. The Morgan fingerprint density at radius 2 is 1.90 bits per heavy atom. The maximum absolute atomic E-state index is 13.2. The molecule has 7 heteroatoms. The van der Waals surface area contributed by atoms with Crippen LogP contribution in [0, 0.1) is 0 Å². The van der Waals surface area contributed by atoms with Crippen LogP contribution in [0.4, 0.5) is 5.69 Å². The molecule has 158 valence electrons. The number of aromatic nitrogens is 3. The molecule has 1 fully saturated rings. The lowest BCUT2D eigenvalue weighted by molar-refractivity contribution is -0.132. The Labute approximate surface area is 177 Å². The number of fused-ring (bicyclic) bond motifs is 2. The topological polar surface area (TPSA) is 71.3 Å². The normalized spacial score (nSPS) is 21.7. The lowest BCUT2D eigenvalue weighted by atomic mass is 9.96. The van der Waals surface area contributed by atoms with Crippen molar-refractivity contribution in [3.05, 3.63) is 41.5 Å². The van der Waals surface area contributed by atoms with Crippen molar-refractivity contribution in [1.82, 2.24) is 19.7 Å². The van der Waals surface area contributed by atoms with E-state index >= 15 is 0 Å². The summed E-state index contributed by atoms with van der Waals surface area (Å²) in [6.07, 6.45) is 7.81. The predicted octanol–water partition coefficient (Wildman–Crippen LogP) is 2.69. The van der Waals surface area contributed by atoms with Crippen LogP contribution in [0.5, 0.6) is 0 Å². The summed E-state index contributed by atoms with van der Waals surface area (Å²) in [5.41, 5.74) is 2.03. The molecule has 1 unspecified atom stereocenters. The first kappa shape index (κ1) is 19.3. The Balaban J connectivity index is 1.31. The van der Waals surface area contributed by atoms with Crippen molar-refractivity contribution < 1.29 is 9.59 Å². The zero-order chi connectivity index (χ0) is 20.5. The van der Waals surface area contributed by atoms with Gasteiger partial charge in [0.2, 0.25) is 11.8 Å². The Kier molecular flexibility index (Phi) is 5.27. The van der Waals surface area contributed by atoms with Gasteiger partial charge >= 0.3 is 0 Å². The van der Waals surface area contributed by atoms with Crippen molar-refractivity contribution in [3.8, 4) is 0 Å². The van der Waals surface area contributed by atoms with E-state index in [0.717, 1.165) is 61.7 Å². The van der Waals surface area contributed by atoms with Crippen molar-refractivity contribution in [3.63, 3.8) is 0 Å². The monoisotopic (exact) mass is 407 g/mol. The van der Waals surface area contributed by atoms with Crippen molar-refractivity contribution in [2.45, 2.75) is 63.8 Å². The smallest absolute Gasteiger partial charge is 0.242 e. The van der Waals surface area contributed by atoms with Gasteiger partial charge in [-0.3, -0.25) is 9.59 Å². The number of hydrogen-bond acceptors (Lipinski definition) is 4. The molecular formula is C23H29N5O2. The summed E-state index contributed by atoms with van der Waals surface area (Å²) in [7, 11) is 0. The van der Waals surface area contributed by atoms with Gasteiger partial charge < -0.3 is 14.4 Å². The zero-order valence-corrected chi connectivity index (χ0v) is 17.4. The number of nitrogens with zero attached hydrogens (tertiary/aromatic N) is 5. The number of carbonyl (C=O) groups excluding carboxylic acids is 2. The maximum Gasteiger partial charge on any atom is 0.242 e. The third kappa shape index (κ3) is 3.61. The minimum absolute atomic E-state index is 0.0281. The van der Waals surface area contributed by atoms with Crippen LogP contribution < -0.4 is 4.90 Å².